The van der Waals surface area contributed by atoms with Crippen molar-refractivity contribution in [3.63, 3.8) is 0 Å². The predicted molar refractivity (Wildman–Crippen MR) is 96.6 cm³/mol. The number of nitrogen functional groups attached to an aromatic ring is 1. The van der Waals surface area contributed by atoms with Gasteiger partial charge in [0.05, 0.1) is 11.1 Å². The highest BCUT2D eigenvalue weighted by atomic mass is 16.6. The maximum absolute atomic E-state index is 11.8. The summed E-state index contributed by atoms with van der Waals surface area (Å²) in [5, 5.41) is 21.9. The van der Waals surface area contributed by atoms with Crippen LogP contribution >= 0.6 is 0 Å². The zero-order valence-corrected chi connectivity index (χ0v) is 14.5. The van der Waals surface area contributed by atoms with Gasteiger partial charge >= 0.3 is 0 Å². The number of nitrogens with two attached hydrogens (primary N) is 1. The van der Waals surface area contributed by atoms with E-state index in [0.717, 1.165) is 13.1 Å². The molecule has 0 spiro atoms. The second-order valence-electron chi connectivity index (χ2n) is 5.99. The second-order valence-corrected chi connectivity index (χ2v) is 5.99. The van der Waals surface area contributed by atoms with Crippen LogP contribution in [0.15, 0.2) is 27.9 Å². The van der Waals surface area contributed by atoms with Gasteiger partial charge in [0.15, 0.2) is 0 Å². The number of rotatable bonds is 5. The van der Waals surface area contributed by atoms with E-state index in [4.69, 9.17) is 5.73 Å². The van der Waals surface area contributed by atoms with Crippen molar-refractivity contribution >= 4 is 29.3 Å². The molecule has 0 saturated carbocycles. The van der Waals surface area contributed by atoms with E-state index < -0.39 is 10.8 Å². The normalized spacial score (nSPS) is 15.2. The molecule has 12 nitrogen and oxygen atoms in total. The van der Waals surface area contributed by atoms with Gasteiger partial charge in [0.1, 0.15) is 5.69 Å². The molecule has 2 heterocycles. The lowest BCUT2D eigenvalue weighted by Gasteiger charge is -2.33. The van der Waals surface area contributed by atoms with Crippen molar-refractivity contribution in [2.75, 3.05) is 43.9 Å². The number of benzene rings is 1. The first kappa shape index (κ1) is 18.3. The fourth-order valence-electron chi connectivity index (χ4n) is 2.65. The second kappa shape index (κ2) is 7.78. The van der Waals surface area contributed by atoms with Gasteiger partial charge in [-0.25, -0.2) is 10.1 Å². The number of nitrogens with one attached hydrogen (secondary N) is 1. The van der Waals surface area contributed by atoms with Gasteiger partial charge in [-0.1, -0.05) is 6.07 Å². The van der Waals surface area contributed by atoms with Crippen molar-refractivity contribution in [3.05, 3.63) is 39.6 Å². The van der Waals surface area contributed by atoms with Gasteiger partial charge < -0.3 is 15.5 Å². The first-order valence-corrected chi connectivity index (χ1v) is 8.09. The number of carbonyl (C=O) groups is 1. The van der Waals surface area contributed by atoms with E-state index in [1.165, 1.54) is 12.3 Å². The first-order valence-electron chi connectivity index (χ1n) is 8.09. The van der Waals surface area contributed by atoms with Crippen LogP contribution in [-0.2, 0) is 0 Å². The molecule has 1 saturated heterocycles. The minimum atomic E-state index is -0.700. The van der Waals surface area contributed by atoms with E-state index in [-0.39, 0.29) is 17.2 Å². The quantitative estimate of drug-likeness (QED) is 0.420. The number of aromatic nitrogens is 2. The van der Waals surface area contributed by atoms with Gasteiger partial charge in [0, 0.05) is 37.8 Å². The Labute approximate surface area is 153 Å². The fraction of sp³-hybridized carbons (Fsp3) is 0.333. The summed E-state index contributed by atoms with van der Waals surface area (Å²) in [6, 6.07) is 4.80. The molecule has 0 atom stereocenters. The van der Waals surface area contributed by atoms with Gasteiger partial charge in [-0.2, -0.15) is 5.10 Å². The molecular formula is C15H18N8O4. The number of nitro groups is 1. The Hall–Kier alpha value is -3.54. The summed E-state index contributed by atoms with van der Waals surface area (Å²) < 4.78 is 4.33. The van der Waals surface area contributed by atoms with Crippen LogP contribution < -0.4 is 16.1 Å². The maximum Gasteiger partial charge on any atom is 0.297 e. The molecule has 1 aromatic carbocycles. The van der Waals surface area contributed by atoms with Crippen LogP contribution in [0, 0.1) is 10.1 Å². The average molecular weight is 374 g/mol. The number of hydrogen-bond donors (Lipinski definition) is 2. The molecule has 1 fully saturated rings. The number of nitro benzene ring substituents is 1. The molecule has 1 amide bonds. The van der Waals surface area contributed by atoms with Crippen LogP contribution in [0.3, 0.4) is 0 Å². The van der Waals surface area contributed by atoms with Gasteiger partial charge in [0.2, 0.25) is 11.5 Å². The Morgan fingerprint density at radius 1 is 1.37 bits per heavy atom. The van der Waals surface area contributed by atoms with Crippen molar-refractivity contribution < 1.29 is 14.3 Å². The van der Waals surface area contributed by atoms with E-state index >= 15 is 0 Å². The third kappa shape index (κ3) is 4.17. The molecule has 1 aliphatic heterocycles. The number of likely N-dealkylation sites (N-methyl/N-ethyl adjacent to an activating group) is 1. The number of anilines is 2. The molecule has 0 radical (unpaired) electrons. The Morgan fingerprint density at radius 3 is 2.74 bits per heavy atom. The number of nitrogens with zero attached hydrogens (tertiary/aromatic N) is 6. The number of hydrazone groups is 1. The third-order valence-corrected chi connectivity index (χ3v) is 4.15. The lowest BCUT2D eigenvalue weighted by atomic mass is 10.1. The van der Waals surface area contributed by atoms with Crippen molar-refractivity contribution in [3.8, 4) is 0 Å². The molecule has 1 aromatic heterocycles. The largest absolute Gasteiger partial charge is 0.379 e. The zero-order valence-electron chi connectivity index (χ0n) is 14.5. The highest BCUT2D eigenvalue weighted by molar-refractivity contribution is 5.96. The summed E-state index contributed by atoms with van der Waals surface area (Å²) in [6.45, 7) is 3.11. The van der Waals surface area contributed by atoms with E-state index in [9.17, 15) is 14.9 Å². The average Bonchev–Trinajstić information content (AvgIpc) is 3.08. The summed E-state index contributed by atoms with van der Waals surface area (Å²) in [6.07, 6.45) is 1.29. The topological polar surface area (TPSA) is 156 Å². The monoisotopic (exact) mass is 374 g/mol. The zero-order chi connectivity index (χ0) is 19.4. The van der Waals surface area contributed by atoms with Crippen LogP contribution in [-0.4, -0.2) is 65.5 Å². The molecule has 1 aliphatic rings. The molecule has 0 unspecified atom stereocenters. The van der Waals surface area contributed by atoms with Crippen LogP contribution in [0.1, 0.15) is 16.1 Å². The molecule has 0 bridgehead atoms. The van der Waals surface area contributed by atoms with Crippen molar-refractivity contribution in [1.29, 1.82) is 0 Å². The number of hydrogen-bond acceptors (Lipinski definition) is 10. The number of carbonyl (C=O) groups excluding carboxylic acids is 1. The number of amides is 1. The summed E-state index contributed by atoms with van der Waals surface area (Å²) >= 11 is 0. The molecule has 142 valence electrons. The summed E-state index contributed by atoms with van der Waals surface area (Å²) in [5.41, 5.74) is 8.44. The predicted octanol–water partition coefficient (Wildman–Crippen LogP) is 0.0757. The highest BCUT2D eigenvalue weighted by Crippen LogP contribution is 2.29. The molecule has 12 heteroatoms. The third-order valence-electron chi connectivity index (χ3n) is 4.15. The Kier molecular flexibility index (Phi) is 5.26. The first-order chi connectivity index (χ1) is 13.0. The van der Waals surface area contributed by atoms with Gasteiger partial charge in [-0.15, -0.1) is 0 Å². The van der Waals surface area contributed by atoms with Gasteiger partial charge in [-0.05, 0) is 23.4 Å². The van der Waals surface area contributed by atoms with Crippen LogP contribution in [0.4, 0.5) is 17.2 Å². The van der Waals surface area contributed by atoms with E-state index in [2.05, 4.69) is 30.4 Å². The smallest absolute Gasteiger partial charge is 0.297 e. The number of piperazine rings is 1. The van der Waals surface area contributed by atoms with Crippen LogP contribution in [0.5, 0.6) is 0 Å². The van der Waals surface area contributed by atoms with Crippen molar-refractivity contribution in [2.24, 2.45) is 5.10 Å². The standard InChI is InChI=1S/C15H18N8O4/c1-21-4-6-22(7-5-21)11-3-2-10(8-12(11)23(25)26)9-17-18-15(24)13-14(16)20-27-19-13/h2-3,8-9H,4-7H2,1H3,(H2,16,20)(H,18,24)/b17-9-. The molecule has 3 rings (SSSR count). The van der Waals surface area contributed by atoms with Gasteiger partial charge in [0.25, 0.3) is 11.6 Å². The molecule has 3 N–H and O–H groups in total. The van der Waals surface area contributed by atoms with Crippen molar-refractivity contribution in [2.45, 2.75) is 0 Å². The van der Waals surface area contributed by atoms with E-state index in [1.807, 2.05) is 11.9 Å². The Balaban J connectivity index is 1.73. The lowest BCUT2D eigenvalue weighted by molar-refractivity contribution is -0.384. The SMILES string of the molecule is CN1CCN(c2ccc(/C=N\NC(=O)c3nonc3N)cc2[N+](=O)[O-])CC1. The van der Waals surface area contributed by atoms with E-state index in [0.29, 0.717) is 24.3 Å². The van der Waals surface area contributed by atoms with Crippen molar-refractivity contribution in [1.82, 2.24) is 20.6 Å². The van der Waals surface area contributed by atoms with Crippen LogP contribution in [0.2, 0.25) is 0 Å². The van der Waals surface area contributed by atoms with Gasteiger partial charge in [-0.3, -0.25) is 14.9 Å². The summed E-state index contributed by atoms with van der Waals surface area (Å²) in [5.74, 6) is -0.858. The highest BCUT2D eigenvalue weighted by Gasteiger charge is 2.22. The van der Waals surface area contributed by atoms with E-state index in [1.54, 1.807) is 12.1 Å². The minimum absolute atomic E-state index is 0.0141. The lowest BCUT2D eigenvalue weighted by Crippen LogP contribution is -2.44. The fourth-order valence-corrected chi connectivity index (χ4v) is 2.65. The van der Waals surface area contributed by atoms with Crippen LogP contribution in [0.25, 0.3) is 0 Å². The minimum Gasteiger partial charge on any atom is -0.379 e. The summed E-state index contributed by atoms with van der Waals surface area (Å²) in [4.78, 5) is 27.0. The molecule has 2 aromatic rings. The summed E-state index contributed by atoms with van der Waals surface area (Å²) in [7, 11) is 2.02. The molecule has 27 heavy (non-hydrogen) atoms. The maximum atomic E-state index is 11.8. The molecular weight excluding hydrogens is 356 g/mol. The Morgan fingerprint density at radius 2 is 2.11 bits per heavy atom. The molecule has 0 aliphatic carbocycles. The Bertz CT molecular complexity index is 872.